The summed E-state index contributed by atoms with van der Waals surface area (Å²) in [6.45, 7) is 3.58. The minimum absolute atomic E-state index is 0.593. The van der Waals surface area contributed by atoms with E-state index >= 15 is 0 Å². The Morgan fingerprint density at radius 3 is 2.71 bits per heavy atom. The van der Waals surface area contributed by atoms with Gasteiger partial charge in [-0.2, -0.15) is 0 Å². The molecule has 3 atom stereocenters. The average molecular weight is 195 g/mol. The summed E-state index contributed by atoms with van der Waals surface area (Å²) in [6, 6.07) is 0.918. The number of rotatable bonds is 2. The van der Waals surface area contributed by atoms with Gasteiger partial charge in [-0.25, -0.2) is 0 Å². The van der Waals surface area contributed by atoms with Gasteiger partial charge in [0.2, 0.25) is 0 Å². The fourth-order valence-electron chi connectivity index (χ4n) is 3.39. The predicted octanol–water partition coefficient (Wildman–Crippen LogP) is 2.04. The lowest BCUT2D eigenvalue weighted by atomic mass is 9.78. The van der Waals surface area contributed by atoms with Gasteiger partial charge in [0.05, 0.1) is 12.7 Å². The van der Waals surface area contributed by atoms with Gasteiger partial charge in [0, 0.05) is 12.6 Å². The van der Waals surface area contributed by atoms with E-state index in [9.17, 15) is 0 Å². The number of ether oxygens (including phenoxy) is 1. The number of likely N-dealkylation sites (tertiary alicyclic amines) is 1. The zero-order valence-electron chi connectivity index (χ0n) is 8.95. The Morgan fingerprint density at radius 2 is 1.86 bits per heavy atom. The normalized spacial score (nSPS) is 43.3. The first-order chi connectivity index (χ1) is 6.93. The van der Waals surface area contributed by atoms with Crippen molar-refractivity contribution in [2.24, 2.45) is 5.92 Å². The molecule has 0 amide bonds. The standard InChI is InChI=1S/C12H21NO/c1-2-6-12-10(4-1)5-3-7-13(12)8-11-9-14-11/h10-12H,1-9H2/t10-,11?,12-/m0/s1. The molecule has 3 fully saturated rings. The van der Waals surface area contributed by atoms with Gasteiger partial charge in [-0.3, -0.25) is 4.90 Å². The van der Waals surface area contributed by atoms with Gasteiger partial charge in [0.1, 0.15) is 0 Å². The Labute approximate surface area is 86.6 Å². The van der Waals surface area contributed by atoms with Crippen LogP contribution in [-0.2, 0) is 4.74 Å². The molecule has 0 N–H and O–H groups in total. The van der Waals surface area contributed by atoms with Crippen molar-refractivity contribution in [3.8, 4) is 0 Å². The van der Waals surface area contributed by atoms with Crippen molar-refractivity contribution in [2.45, 2.75) is 50.7 Å². The van der Waals surface area contributed by atoms with E-state index in [0.717, 1.165) is 18.6 Å². The van der Waals surface area contributed by atoms with Gasteiger partial charge >= 0.3 is 0 Å². The van der Waals surface area contributed by atoms with Gasteiger partial charge in [-0.05, 0) is 38.1 Å². The third kappa shape index (κ3) is 1.82. The first-order valence-corrected chi connectivity index (χ1v) is 6.29. The number of hydrogen-bond acceptors (Lipinski definition) is 2. The Kier molecular flexibility index (Phi) is 2.50. The summed E-state index contributed by atoms with van der Waals surface area (Å²) in [5, 5.41) is 0. The first kappa shape index (κ1) is 9.17. The summed E-state index contributed by atoms with van der Waals surface area (Å²) >= 11 is 0. The molecule has 3 rings (SSSR count). The fraction of sp³-hybridized carbons (Fsp3) is 1.00. The van der Waals surface area contributed by atoms with E-state index in [1.54, 1.807) is 0 Å². The van der Waals surface area contributed by atoms with E-state index in [2.05, 4.69) is 4.90 Å². The van der Waals surface area contributed by atoms with E-state index < -0.39 is 0 Å². The van der Waals surface area contributed by atoms with Crippen LogP contribution >= 0.6 is 0 Å². The Morgan fingerprint density at radius 1 is 1.07 bits per heavy atom. The van der Waals surface area contributed by atoms with Gasteiger partial charge in [0.15, 0.2) is 0 Å². The molecule has 0 radical (unpaired) electrons. The highest BCUT2D eigenvalue weighted by Gasteiger charge is 2.36. The lowest BCUT2D eigenvalue weighted by Gasteiger charge is -2.44. The van der Waals surface area contributed by atoms with E-state index in [1.807, 2.05) is 0 Å². The van der Waals surface area contributed by atoms with E-state index in [0.29, 0.717) is 6.10 Å². The zero-order valence-corrected chi connectivity index (χ0v) is 8.95. The van der Waals surface area contributed by atoms with Crippen molar-refractivity contribution in [3.05, 3.63) is 0 Å². The largest absolute Gasteiger partial charge is 0.372 e. The smallest absolute Gasteiger partial charge is 0.0936 e. The monoisotopic (exact) mass is 195 g/mol. The summed E-state index contributed by atoms with van der Waals surface area (Å²) in [7, 11) is 0. The topological polar surface area (TPSA) is 15.8 Å². The fourth-order valence-corrected chi connectivity index (χ4v) is 3.39. The predicted molar refractivity (Wildman–Crippen MR) is 56.3 cm³/mol. The maximum Gasteiger partial charge on any atom is 0.0936 e. The minimum Gasteiger partial charge on any atom is -0.372 e. The number of fused-ring (bicyclic) bond motifs is 1. The Bertz CT molecular complexity index is 200. The maximum atomic E-state index is 5.35. The molecule has 2 nitrogen and oxygen atoms in total. The molecule has 1 aliphatic carbocycles. The third-order valence-corrected chi connectivity index (χ3v) is 4.20. The van der Waals surface area contributed by atoms with Crippen LogP contribution in [0.15, 0.2) is 0 Å². The SMILES string of the molecule is C1CC[C@H]2[C@@H](C1)CCCN2CC1CO1. The molecule has 0 aromatic carbocycles. The van der Waals surface area contributed by atoms with Crippen LogP contribution in [0.2, 0.25) is 0 Å². The van der Waals surface area contributed by atoms with Crippen molar-refractivity contribution in [3.63, 3.8) is 0 Å². The molecule has 14 heavy (non-hydrogen) atoms. The van der Waals surface area contributed by atoms with Gasteiger partial charge in [-0.15, -0.1) is 0 Å². The van der Waals surface area contributed by atoms with Crippen molar-refractivity contribution >= 4 is 0 Å². The van der Waals surface area contributed by atoms with Crippen molar-refractivity contribution in [2.75, 3.05) is 19.7 Å². The quantitative estimate of drug-likeness (QED) is 0.627. The summed E-state index contributed by atoms with van der Waals surface area (Å²) in [6.07, 6.45) is 9.40. The van der Waals surface area contributed by atoms with Crippen molar-refractivity contribution in [1.29, 1.82) is 0 Å². The highest BCUT2D eigenvalue weighted by Crippen LogP contribution is 2.35. The first-order valence-electron chi connectivity index (χ1n) is 6.29. The van der Waals surface area contributed by atoms with Crippen LogP contribution in [0, 0.1) is 5.92 Å². The molecule has 80 valence electrons. The molecule has 0 aromatic rings. The molecular weight excluding hydrogens is 174 g/mol. The van der Waals surface area contributed by atoms with E-state index in [4.69, 9.17) is 4.74 Å². The van der Waals surface area contributed by atoms with Crippen LogP contribution in [0.25, 0.3) is 0 Å². The Balaban J connectivity index is 1.63. The Hall–Kier alpha value is -0.0800. The van der Waals surface area contributed by atoms with Crippen LogP contribution in [0.1, 0.15) is 38.5 Å². The van der Waals surface area contributed by atoms with Crippen molar-refractivity contribution in [1.82, 2.24) is 4.90 Å². The molecule has 0 aromatic heterocycles. The van der Waals surface area contributed by atoms with Crippen LogP contribution in [0.4, 0.5) is 0 Å². The second-order valence-electron chi connectivity index (χ2n) is 5.20. The lowest BCUT2D eigenvalue weighted by Crippen LogP contribution is -2.48. The van der Waals surface area contributed by atoms with Crippen LogP contribution in [-0.4, -0.2) is 36.7 Å². The summed E-state index contributed by atoms with van der Waals surface area (Å²) < 4.78 is 5.35. The highest BCUT2D eigenvalue weighted by atomic mass is 16.6. The second kappa shape index (κ2) is 3.82. The van der Waals surface area contributed by atoms with Gasteiger partial charge < -0.3 is 4.74 Å². The number of piperidine rings is 1. The number of hydrogen-bond donors (Lipinski definition) is 0. The molecule has 2 aliphatic heterocycles. The molecule has 2 heterocycles. The number of epoxide rings is 1. The molecule has 1 saturated carbocycles. The van der Waals surface area contributed by atoms with Gasteiger partial charge in [-0.1, -0.05) is 12.8 Å². The molecule has 2 saturated heterocycles. The summed E-state index contributed by atoms with van der Waals surface area (Å²) in [4.78, 5) is 2.73. The van der Waals surface area contributed by atoms with Crippen molar-refractivity contribution < 1.29 is 4.74 Å². The maximum absolute atomic E-state index is 5.35. The molecule has 0 spiro atoms. The molecule has 1 unspecified atom stereocenters. The summed E-state index contributed by atoms with van der Waals surface area (Å²) in [5.41, 5.74) is 0. The van der Waals surface area contributed by atoms with E-state index in [-0.39, 0.29) is 0 Å². The summed E-state index contributed by atoms with van der Waals surface area (Å²) in [5.74, 6) is 1.02. The highest BCUT2D eigenvalue weighted by molar-refractivity contribution is 4.89. The molecule has 3 aliphatic rings. The molecular formula is C12H21NO. The average Bonchev–Trinajstić information content (AvgIpc) is 3.03. The van der Waals surface area contributed by atoms with E-state index in [1.165, 1.54) is 51.6 Å². The van der Waals surface area contributed by atoms with Crippen LogP contribution < -0.4 is 0 Å². The van der Waals surface area contributed by atoms with Gasteiger partial charge in [0.25, 0.3) is 0 Å². The molecule has 2 heteroatoms. The lowest BCUT2D eigenvalue weighted by molar-refractivity contribution is 0.0553. The third-order valence-electron chi connectivity index (χ3n) is 4.20. The second-order valence-corrected chi connectivity index (χ2v) is 5.20. The zero-order chi connectivity index (χ0) is 9.38. The van der Waals surface area contributed by atoms with Crippen LogP contribution in [0.5, 0.6) is 0 Å². The number of nitrogens with zero attached hydrogens (tertiary/aromatic N) is 1. The van der Waals surface area contributed by atoms with Crippen LogP contribution in [0.3, 0.4) is 0 Å². The minimum atomic E-state index is 0.593. The molecule has 0 bridgehead atoms.